The van der Waals surface area contributed by atoms with Crippen LogP contribution in [0.3, 0.4) is 0 Å². The van der Waals surface area contributed by atoms with Gasteiger partial charge in [-0.05, 0) is 75.2 Å². The van der Waals surface area contributed by atoms with Crippen LogP contribution in [0, 0.1) is 12.3 Å². The maximum absolute atomic E-state index is 12.9. The van der Waals surface area contributed by atoms with E-state index in [0.717, 1.165) is 54.0 Å². The highest BCUT2D eigenvalue weighted by atomic mass is 32.2. The minimum absolute atomic E-state index is 0.198. The number of hydrogen-bond donors (Lipinski definition) is 2. The van der Waals surface area contributed by atoms with E-state index >= 15 is 0 Å². The number of carbonyl (C=O) groups excluding carboxylic acids is 1. The number of aromatic nitrogens is 3. The molecule has 1 amide bonds. The zero-order valence-corrected chi connectivity index (χ0v) is 31.6. The number of nitrogens with one attached hydrogen (secondary N) is 2. The van der Waals surface area contributed by atoms with Gasteiger partial charge >= 0.3 is 0 Å². The number of benzene rings is 2. The molecule has 2 heterocycles. The summed E-state index contributed by atoms with van der Waals surface area (Å²) in [7, 11) is -3.26. The van der Waals surface area contributed by atoms with E-state index in [-0.39, 0.29) is 17.2 Å². The van der Waals surface area contributed by atoms with Gasteiger partial charge in [0, 0.05) is 43.2 Å². The van der Waals surface area contributed by atoms with Crippen molar-refractivity contribution >= 4 is 38.7 Å². The monoisotopic (exact) mass is 708 g/mol. The van der Waals surface area contributed by atoms with Crippen LogP contribution in [0.2, 0.25) is 0 Å². The van der Waals surface area contributed by atoms with Crippen LogP contribution in [0.4, 0.5) is 11.4 Å². The molecule has 1 aliphatic rings. The van der Waals surface area contributed by atoms with Gasteiger partial charge < -0.3 is 19.7 Å². The van der Waals surface area contributed by atoms with Gasteiger partial charge in [-0.15, -0.1) is 9.89 Å². The van der Waals surface area contributed by atoms with Crippen LogP contribution in [-0.2, 0) is 14.8 Å². The van der Waals surface area contributed by atoms with E-state index in [9.17, 15) is 13.2 Å². The minimum atomic E-state index is -3.26. The lowest BCUT2D eigenvalue weighted by Crippen LogP contribution is -2.38. The van der Waals surface area contributed by atoms with Crippen LogP contribution in [-0.4, -0.2) is 85.8 Å². The van der Waals surface area contributed by atoms with Gasteiger partial charge in [0.15, 0.2) is 11.9 Å². The molecule has 4 rings (SSSR count). The van der Waals surface area contributed by atoms with Crippen LogP contribution in [0.1, 0.15) is 84.4 Å². The average Bonchev–Trinajstić information content (AvgIpc) is 3.62. The first-order valence-electron chi connectivity index (χ1n) is 17.2. The molecule has 272 valence electrons. The summed E-state index contributed by atoms with van der Waals surface area (Å²) in [5.41, 5.74) is 3.82. The average molecular weight is 709 g/mol. The number of amides is 1. The maximum Gasteiger partial charge on any atom is 0.260 e. The predicted octanol–water partition coefficient (Wildman–Crippen LogP) is 5.21. The number of unbranched alkanes of at least 4 members (excludes halogenated alkanes) is 1. The number of carbonyl (C=O) groups is 1. The quantitative estimate of drug-likeness (QED) is 0.181. The molecule has 1 aliphatic heterocycles. The summed E-state index contributed by atoms with van der Waals surface area (Å²) in [6, 6.07) is 13.3. The number of sulfonamides is 1. The van der Waals surface area contributed by atoms with Crippen molar-refractivity contribution in [1.82, 2.24) is 24.9 Å². The Kier molecular flexibility index (Phi) is 12.8. The molecule has 2 aromatic carbocycles. The molecule has 1 aromatic heterocycles. The van der Waals surface area contributed by atoms with Crippen molar-refractivity contribution in [3.8, 4) is 11.5 Å². The zero-order valence-electron chi connectivity index (χ0n) is 30.8. The summed E-state index contributed by atoms with van der Waals surface area (Å²) in [6.45, 7) is 18.6. The molecular formula is C36H52N8O5S. The van der Waals surface area contributed by atoms with Crippen molar-refractivity contribution in [1.29, 1.82) is 0 Å². The smallest absolute Gasteiger partial charge is 0.260 e. The fourth-order valence-electron chi connectivity index (χ4n) is 5.22. The molecular weight excluding hydrogens is 657 g/mol. The van der Waals surface area contributed by atoms with E-state index in [1.54, 1.807) is 19.1 Å². The number of anilines is 1. The van der Waals surface area contributed by atoms with E-state index in [4.69, 9.17) is 24.6 Å². The van der Waals surface area contributed by atoms with Crippen molar-refractivity contribution in [3.63, 3.8) is 0 Å². The van der Waals surface area contributed by atoms with Crippen molar-refractivity contribution in [2.75, 3.05) is 43.9 Å². The number of likely N-dealkylation sites (N-methyl/N-ethyl adjacent to an activating group) is 1. The third-order valence-corrected chi connectivity index (χ3v) is 8.88. The Hall–Kier alpha value is -4.30. The standard InChI is InChI=1S/C36H52N8O5S/c1-10-12-21-48-28-14-16-29(17-15-28)49-26(5)35(45)37-23-25(4)33-40-34-31(32(36(6,7)8)41-44(34)42-33)39-30-18-13-27(22-24(30)3)43(11-2)20-19-38-50(9,46)47/h13-18,22,25-26,38H,10-12,19-21,23H2,1-9H3,(H,37,45)/b39-31-. The molecule has 14 heteroatoms. The summed E-state index contributed by atoms with van der Waals surface area (Å²) >= 11 is 0. The van der Waals surface area contributed by atoms with E-state index in [2.05, 4.69) is 53.8 Å². The zero-order chi connectivity index (χ0) is 36.6. The van der Waals surface area contributed by atoms with Crippen molar-refractivity contribution in [2.24, 2.45) is 15.5 Å². The molecule has 2 N–H and O–H groups in total. The van der Waals surface area contributed by atoms with Crippen LogP contribution in [0.15, 0.2) is 52.6 Å². The summed E-state index contributed by atoms with van der Waals surface area (Å²) < 4.78 is 37.1. The Balaban J connectivity index is 1.44. The Labute approximate surface area is 296 Å². The molecule has 0 bridgehead atoms. The van der Waals surface area contributed by atoms with Crippen LogP contribution < -0.4 is 24.4 Å². The van der Waals surface area contributed by atoms with Gasteiger partial charge in [0.25, 0.3) is 5.91 Å². The molecule has 13 nitrogen and oxygen atoms in total. The van der Waals surface area contributed by atoms with Crippen molar-refractivity contribution in [2.45, 2.75) is 80.3 Å². The minimum Gasteiger partial charge on any atom is -0.494 e. The number of aliphatic imine (C=N–C) groups is 1. The lowest BCUT2D eigenvalue weighted by Gasteiger charge is -2.24. The Morgan fingerprint density at radius 2 is 1.78 bits per heavy atom. The second kappa shape index (κ2) is 16.6. The third-order valence-electron chi connectivity index (χ3n) is 8.15. The lowest BCUT2D eigenvalue weighted by molar-refractivity contribution is -0.127. The van der Waals surface area contributed by atoms with Crippen LogP contribution >= 0.6 is 0 Å². The number of aryl methyl sites for hydroxylation is 1. The molecule has 0 saturated heterocycles. The molecule has 2 unspecified atom stereocenters. The van der Waals surface area contributed by atoms with E-state index in [0.29, 0.717) is 49.4 Å². The van der Waals surface area contributed by atoms with Gasteiger partial charge in [-0.2, -0.15) is 5.10 Å². The predicted molar refractivity (Wildman–Crippen MR) is 199 cm³/mol. The fraction of sp³-hybridized carbons (Fsp3) is 0.528. The summed E-state index contributed by atoms with van der Waals surface area (Å²) in [6.07, 6.45) is 2.52. The first-order valence-corrected chi connectivity index (χ1v) is 19.1. The van der Waals surface area contributed by atoms with Gasteiger partial charge in [-0.1, -0.05) is 41.0 Å². The largest absolute Gasteiger partial charge is 0.494 e. The first kappa shape index (κ1) is 38.5. The van der Waals surface area contributed by atoms with Gasteiger partial charge in [0.1, 0.15) is 17.2 Å². The lowest BCUT2D eigenvalue weighted by atomic mass is 9.87. The normalized spacial score (nSPS) is 15.0. The molecule has 0 fully saturated rings. The molecule has 0 spiro atoms. The highest BCUT2D eigenvalue weighted by molar-refractivity contribution is 7.88. The number of hydrogen-bond acceptors (Lipinski definition) is 10. The van der Waals surface area contributed by atoms with E-state index in [1.165, 1.54) is 4.79 Å². The molecule has 3 aromatic rings. The van der Waals surface area contributed by atoms with Gasteiger partial charge in [0.05, 0.1) is 24.3 Å². The number of rotatable bonds is 17. The molecule has 0 radical (unpaired) electrons. The maximum atomic E-state index is 12.9. The summed E-state index contributed by atoms with van der Waals surface area (Å²) in [5.74, 6) is 2.02. The Morgan fingerprint density at radius 1 is 1.08 bits per heavy atom. The van der Waals surface area contributed by atoms with Gasteiger partial charge in [-0.25, -0.2) is 23.1 Å². The molecule has 0 saturated carbocycles. The van der Waals surface area contributed by atoms with Gasteiger partial charge in [-0.3, -0.25) is 4.79 Å². The van der Waals surface area contributed by atoms with Crippen molar-refractivity contribution in [3.05, 3.63) is 59.7 Å². The summed E-state index contributed by atoms with van der Waals surface area (Å²) in [5, 5.41) is 12.4. The number of ether oxygens (including phenoxy) is 2. The van der Waals surface area contributed by atoms with Crippen LogP contribution in [0.5, 0.6) is 11.5 Å². The Bertz CT molecular complexity index is 1800. The third kappa shape index (κ3) is 10.4. The number of nitrogens with zero attached hydrogens (tertiary/aromatic N) is 6. The van der Waals surface area contributed by atoms with Gasteiger partial charge in [0.2, 0.25) is 15.8 Å². The fourth-order valence-corrected chi connectivity index (χ4v) is 5.68. The molecule has 2 atom stereocenters. The SMILES string of the molecule is CCCCOc1ccc(OC(C)C(=O)NCC(C)c2nc3n(n2)N=C(C(C)(C)C)/C3=N/c2ccc(N(CC)CCNS(C)(=O)=O)cc2C)cc1. The highest BCUT2D eigenvalue weighted by Crippen LogP contribution is 2.30. The topological polar surface area (TPSA) is 152 Å². The second-order valence-electron chi connectivity index (χ2n) is 13.6. The number of fused-ring (bicyclic) bond motifs is 1. The molecule has 0 aliphatic carbocycles. The summed E-state index contributed by atoms with van der Waals surface area (Å²) in [4.78, 5) is 26.5. The van der Waals surface area contributed by atoms with E-state index in [1.807, 2.05) is 45.0 Å². The molecule has 50 heavy (non-hydrogen) atoms. The first-order chi connectivity index (χ1) is 23.6. The van der Waals surface area contributed by atoms with E-state index < -0.39 is 16.1 Å². The Morgan fingerprint density at radius 3 is 2.40 bits per heavy atom. The highest BCUT2D eigenvalue weighted by Gasteiger charge is 2.35. The van der Waals surface area contributed by atoms with Crippen LogP contribution in [0.25, 0.3) is 0 Å². The van der Waals surface area contributed by atoms with Crippen molar-refractivity contribution < 1.29 is 22.7 Å². The second-order valence-corrected chi connectivity index (χ2v) is 15.5.